The molecule has 0 fully saturated rings. The average Bonchev–Trinajstić information content (AvgIpc) is 2.03. The third kappa shape index (κ3) is 53.0. The van der Waals surface area contributed by atoms with Gasteiger partial charge in [-0.15, -0.1) is 0 Å². The molecule has 0 N–H and O–H groups in total. The van der Waals surface area contributed by atoms with Crippen LogP contribution in [0, 0.1) is 73.6 Å². The fourth-order valence-electron chi connectivity index (χ4n) is 0. The number of rotatable bonds is 0. The van der Waals surface area contributed by atoms with E-state index in [2.05, 4.69) is 0 Å². The topological polar surface area (TPSA) is 68.3 Å². The van der Waals surface area contributed by atoms with E-state index in [1.54, 1.807) is 0 Å². The summed E-state index contributed by atoms with van der Waals surface area (Å²) in [5.41, 5.74) is 0. The van der Waals surface area contributed by atoms with Crippen molar-refractivity contribution in [3.63, 3.8) is 0 Å². The van der Waals surface area contributed by atoms with Crippen molar-refractivity contribution in [1.82, 2.24) is 0 Å². The quantitative estimate of drug-likeness (QED) is 0.431. The van der Waals surface area contributed by atoms with Crippen molar-refractivity contribution in [2.24, 2.45) is 0 Å². The van der Waals surface area contributed by atoms with Gasteiger partial charge in [-0.3, -0.25) is 0 Å². The van der Waals surface area contributed by atoms with Crippen molar-refractivity contribution in [3.8, 4) is 0 Å². The van der Waals surface area contributed by atoms with Crippen LogP contribution in [0.15, 0.2) is 0 Å². The monoisotopic (exact) mass is 522 g/mol. The first-order valence-electron chi connectivity index (χ1n) is 0.880. The van der Waals surface area contributed by atoms with Gasteiger partial charge in [-0.1, -0.05) is 0 Å². The first kappa shape index (κ1) is 22.6. The molecular formula is CeLaO4YZr. The summed E-state index contributed by atoms with van der Waals surface area (Å²) in [5.74, 6) is 0. The Morgan fingerprint density at radius 2 is 1.12 bits per heavy atom. The summed E-state index contributed by atoms with van der Waals surface area (Å²) in [6, 6.07) is 0. The van der Waals surface area contributed by atoms with Crippen LogP contribution in [-0.4, -0.2) is 0 Å². The molecule has 0 aliphatic heterocycles. The van der Waals surface area contributed by atoms with Crippen molar-refractivity contribution >= 4 is 0 Å². The van der Waals surface area contributed by atoms with Crippen LogP contribution in [-0.2, 0) is 63.2 Å². The molecule has 0 bridgehead atoms. The van der Waals surface area contributed by atoms with Crippen LogP contribution in [0.4, 0.5) is 0 Å². The van der Waals surface area contributed by atoms with Crippen LogP contribution in [0.2, 0.25) is 0 Å². The Balaban J connectivity index is -0.0000000133. The molecule has 0 amide bonds. The molecule has 0 heterocycles. The van der Waals surface area contributed by atoms with E-state index in [1.807, 2.05) is 0 Å². The zero-order valence-electron chi connectivity index (χ0n) is 3.79. The second kappa shape index (κ2) is 72.5. The molecule has 0 unspecified atom stereocenters. The van der Waals surface area contributed by atoms with Crippen LogP contribution in [0.3, 0.4) is 0 Å². The van der Waals surface area contributed by atoms with Crippen molar-refractivity contribution in [2.45, 2.75) is 0 Å². The minimum atomic E-state index is -0.0833. The predicted molar refractivity (Wildman–Crippen MR) is 2.75 cm³/mol. The fourth-order valence-corrected chi connectivity index (χ4v) is 0. The molecule has 8 heteroatoms. The summed E-state index contributed by atoms with van der Waals surface area (Å²) in [6.07, 6.45) is 0. The van der Waals surface area contributed by atoms with Gasteiger partial charge in [0.25, 0.3) is 0 Å². The Kier molecular flexibility index (Phi) is 205. The molecule has 0 saturated carbocycles. The third-order valence-electron chi connectivity index (χ3n) is 0. The van der Waals surface area contributed by atoms with Crippen LogP contribution < -0.4 is 0 Å². The van der Waals surface area contributed by atoms with Gasteiger partial charge < -0.3 is 0 Å². The van der Waals surface area contributed by atoms with E-state index in [4.69, 9.17) is 7.49 Å². The summed E-state index contributed by atoms with van der Waals surface area (Å²) < 4.78 is 33.5. The van der Waals surface area contributed by atoms with Crippen molar-refractivity contribution in [2.75, 3.05) is 0 Å². The average molecular weight is 523 g/mol. The van der Waals surface area contributed by atoms with Gasteiger partial charge in [0, 0.05) is 0 Å². The van der Waals surface area contributed by atoms with E-state index in [1.165, 1.54) is 0 Å². The summed E-state index contributed by atoms with van der Waals surface area (Å²) >= 11 is 0.372. The SMILES string of the molecule is [O]=[Ce].[O]=[La].[O]=[Y].[O]=[Zr]. The Labute approximate surface area is 133 Å². The molecule has 0 aromatic heterocycles. The Hall–Kier alpha value is 3.76. The number of hydrogen-bond donors (Lipinski definition) is 0. The standard InChI is InChI=1S/Ce.La.4O.Y.Zr. The molecule has 4 nitrogen and oxygen atoms in total. The minimum absolute atomic E-state index is 0.0556. The molecule has 0 saturated heterocycles. The summed E-state index contributed by atoms with van der Waals surface area (Å²) in [4.78, 5) is 0. The first-order chi connectivity index (χ1) is 4.00. The van der Waals surface area contributed by atoms with Gasteiger partial charge in [0.05, 0.1) is 0 Å². The zero-order valence-corrected chi connectivity index (χ0v) is 15.8. The van der Waals surface area contributed by atoms with E-state index < -0.39 is 0 Å². The van der Waals surface area contributed by atoms with Crippen molar-refractivity contribution in [3.05, 3.63) is 0 Å². The molecule has 0 rings (SSSR count). The molecule has 0 atom stereocenters. The molecule has 0 aliphatic carbocycles. The van der Waals surface area contributed by atoms with Crippen molar-refractivity contribution in [1.29, 1.82) is 0 Å². The molecular weight excluding hydrogens is 523 g/mol. The van der Waals surface area contributed by atoms with Crippen LogP contribution in [0.1, 0.15) is 0 Å². The summed E-state index contributed by atoms with van der Waals surface area (Å²) in [5, 5.41) is 0. The molecule has 0 aliphatic rings. The van der Waals surface area contributed by atoms with Gasteiger partial charge in [0.15, 0.2) is 0 Å². The molecule has 0 aromatic carbocycles. The Morgan fingerprint density at radius 1 is 1.12 bits per heavy atom. The van der Waals surface area contributed by atoms with E-state index in [0.29, 0.717) is 24.7 Å². The Bertz CT molecular complexity index is 24.0. The maximum atomic E-state index is 8.42. The normalized spacial score (nSPS) is 2.25. The van der Waals surface area contributed by atoms with Gasteiger partial charge in [-0.25, -0.2) is 0 Å². The van der Waals surface area contributed by atoms with Crippen LogP contribution in [0.5, 0.6) is 0 Å². The van der Waals surface area contributed by atoms with E-state index >= 15 is 0 Å². The molecule has 8 heavy (non-hydrogen) atoms. The summed E-state index contributed by atoms with van der Waals surface area (Å²) in [6.45, 7) is 0. The van der Waals surface area contributed by atoms with Gasteiger partial charge >= 0.3 is 137 Å². The Morgan fingerprint density at radius 3 is 1.12 bits per heavy atom. The molecule has 38 valence electrons. The van der Waals surface area contributed by atoms with Gasteiger partial charge in [-0.2, -0.15) is 0 Å². The molecule has 0 radical (unpaired) electrons. The fraction of sp³-hybridized carbons (Fsp3) is 0. The summed E-state index contributed by atoms with van der Waals surface area (Å²) in [7, 11) is 0. The molecule has 0 spiro atoms. The maximum absolute atomic E-state index is 8.42. The number of hydrogen-bond acceptors (Lipinski definition) is 4. The van der Waals surface area contributed by atoms with Gasteiger partial charge in [-0.05, 0) is 0 Å². The second-order valence-electron chi connectivity index (χ2n) is 0. The van der Waals surface area contributed by atoms with Crippen LogP contribution in [0.25, 0.3) is 0 Å². The van der Waals surface area contributed by atoms with Crippen molar-refractivity contribution < 1.29 is 137 Å². The van der Waals surface area contributed by atoms with Crippen LogP contribution >= 0.6 is 0 Å². The molecule has 0 aromatic rings. The zero-order chi connectivity index (χ0) is 8.00. The second-order valence-corrected chi connectivity index (χ2v) is 0. The van der Waals surface area contributed by atoms with E-state index in [9.17, 15) is 0 Å². The third-order valence-corrected chi connectivity index (χ3v) is 0. The van der Waals surface area contributed by atoms with E-state index in [-0.39, 0.29) is 105 Å². The van der Waals surface area contributed by atoms with Gasteiger partial charge in [0.2, 0.25) is 0 Å². The predicted octanol–water partition coefficient (Wildman–Crippen LogP) is -0.480. The van der Waals surface area contributed by atoms with Gasteiger partial charge in [0.1, 0.15) is 0 Å². The first-order valence-corrected chi connectivity index (χ1v) is 5.80. The van der Waals surface area contributed by atoms with E-state index in [0.717, 1.165) is 0 Å².